The molecule has 0 atom stereocenters. The molecule has 210 valence electrons. The molecule has 0 aromatic carbocycles. The van der Waals surface area contributed by atoms with Gasteiger partial charge in [0, 0.05) is 30.3 Å². The minimum atomic E-state index is -0.829. The van der Waals surface area contributed by atoms with E-state index in [-0.39, 0.29) is 45.0 Å². The van der Waals surface area contributed by atoms with E-state index in [1.807, 2.05) is 41.5 Å². The first-order valence-electron chi connectivity index (χ1n) is 10.6. The maximum Gasteiger partial charge on any atom is 0.314 e. The van der Waals surface area contributed by atoms with Gasteiger partial charge in [-0.05, 0) is 7.05 Å². The molecule has 0 aromatic heterocycles. The molecule has 0 bridgehead atoms. The van der Waals surface area contributed by atoms with Crippen LogP contribution in [0.5, 0.6) is 0 Å². The zero-order valence-electron chi connectivity index (χ0n) is 23.3. The molecule has 0 rings (SSSR count). The van der Waals surface area contributed by atoms with Crippen LogP contribution < -0.4 is 11.1 Å². The molecule has 0 saturated carbocycles. The van der Waals surface area contributed by atoms with Crippen LogP contribution >= 0.6 is 47.8 Å². The molecule has 4 N–H and O–H groups in total. The van der Waals surface area contributed by atoms with Crippen molar-refractivity contribution < 1.29 is 29.1 Å². The minimum Gasteiger partial charge on any atom is -0.481 e. The summed E-state index contributed by atoms with van der Waals surface area (Å²) in [7, 11) is 4.64. The third kappa shape index (κ3) is 29.3. The van der Waals surface area contributed by atoms with Gasteiger partial charge in [-0.3, -0.25) is 28.9 Å². The van der Waals surface area contributed by atoms with Gasteiger partial charge in [0.25, 0.3) is 0 Å². The lowest BCUT2D eigenvalue weighted by Crippen LogP contribution is -2.41. The summed E-state index contributed by atoms with van der Waals surface area (Å²) in [5.74, 6) is -0.873. The number of amides is 3. The Labute approximate surface area is 237 Å². The summed E-state index contributed by atoms with van der Waals surface area (Å²) in [4.78, 5) is 54.5. The number of imide groups is 1. The fourth-order valence-corrected chi connectivity index (χ4v) is 2.50. The highest BCUT2D eigenvalue weighted by Gasteiger charge is 2.27. The average molecular weight is 700 g/mol. The Kier molecular flexibility index (Phi) is 28.2. The number of halogens is 3. The molecule has 0 aliphatic carbocycles. The van der Waals surface area contributed by atoms with Crippen molar-refractivity contribution in [3.8, 4) is 0 Å². The van der Waals surface area contributed by atoms with Gasteiger partial charge in [0.1, 0.15) is 11.1 Å². The number of Topliss-reactive ketones (excluding diaryl/α,β-unsaturated/α-hetero) is 1. The number of carbonyl (C=O) groups is 5. The lowest BCUT2D eigenvalue weighted by Gasteiger charge is -2.23. The Hall–Kier alpha value is -0.850. The SMILES string of the molecule is CC(C)(C)C(=O)CBr.CN.CN(C(=O)CBr)C(=O)C(C)(C)C.CNC(=O)C(C)(C)C.O=C(O)CBr. The highest BCUT2D eigenvalue weighted by molar-refractivity contribution is 9.09. The van der Waals surface area contributed by atoms with Gasteiger partial charge in [-0.2, -0.15) is 0 Å². The summed E-state index contributed by atoms with van der Waals surface area (Å²) in [5, 5.41) is 10.9. The lowest BCUT2D eigenvalue weighted by molar-refractivity contribution is -0.147. The number of nitrogens with two attached hydrogens (primary N) is 1. The summed E-state index contributed by atoms with van der Waals surface area (Å²) in [6, 6.07) is 0. The van der Waals surface area contributed by atoms with Crippen LogP contribution in [0.25, 0.3) is 0 Å². The largest absolute Gasteiger partial charge is 0.481 e. The Balaban J connectivity index is -0.000000116. The fraction of sp³-hybridized carbons (Fsp3) is 0.783. The third-order valence-corrected chi connectivity index (χ3v) is 4.88. The van der Waals surface area contributed by atoms with E-state index >= 15 is 0 Å². The second-order valence-electron chi connectivity index (χ2n) is 9.80. The molecule has 0 aliphatic heterocycles. The van der Waals surface area contributed by atoms with Gasteiger partial charge in [0.2, 0.25) is 17.7 Å². The Morgan fingerprint density at radius 3 is 1.17 bits per heavy atom. The van der Waals surface area contributed by atoms with E-state index in [2.05, 4.69) is 58.8 Å². The molecule has 0 spiro atoms. The predicted octanol–water partition coefficient (Wildman–Crippen LogP) is 4.23. The first-order chi connectivity index (χ1) is 15.5. The van der Waals surface area contributed by atoms with Crippen LogP contribution in [0, 0.1) is 16.2 Å². The molecule has 0 heterocycles. The summed E-state index contributed by atoms with van der Waals surface area (Å²) in [6.07, 6.45) is 0. The number of ketones is 1. The van der Waals surface area contributed by atoms with Crippen LogP contribution in [-0.4, -0.2) is 76.6 Å². The monoisotopic (exact) mass is 697 g/mol. The van der Waals surface area contributed by atoms with Crippen LogP contribution in [0.2, 0.25) is 0 Å². The molecule has 0 aromatic rings. The first kappa shape index (κ1) is 44.2. The Morgan fingerprint density at radius 1 is 0.743 bits per heavy atom. The van der Waals surface area contributed by atoms with E-state index in [9.17, 15) is 24.0 Å². The first-order valence-corrected chi connectivity index (χ1v) is 13.9. The molecule has 0 unspecified atom stereocenters. The van der Waals surface area contributed by atoms with Gasteiger partial charge in [-0.25, -0.2) is 0 Å². The molecule has 0 saturated heterocycles. The number of aliphatic carboxylic acids is 1. The van der Waals surface area contributed by atoms with Crippen molar-refractivity contribution in [1.82, 2.24) is 10.2 Å². The van der Waals surface area contributed by atoms with E-state index in [0.29, 0.717) is 5.33 Å². The average Bonchev–Trinajstić information content (AvgIpc) is 2.76. The standard InChI is InChI=1S/C8H14BrNO2.C6H11BrO.C6H13NO.C2H3BrO2.CH5N/c1-8(2,3)7(12)10(4)6(11)5-9;1-6(2,3)5(8)4-7;1-6(2,3)5(8)7-4;3-1-2(4)5;1-2/h5H2,1-4H3;4H2,1-3H3;1-4H3,(H,7,8);1H2,(H,4,5);2H2,1H3. The van der Waals surface area contributed by atoms with Crippen LogP contribution in [0.1, 0.15) is 62.3 Å². The molecular weight excluding hydrogens is 654 g/mol. The summed E-state index contributed by atoms with van der Waals surface area (Å²) >= 11 is 8.82. The van der Waals surface area contributed by atoms with Crippen molar-refractivity contribution >= 4 is 77.3 Å². The molecule has 0 fully saturated rings. The number of nitrogens with zero attached hydrogens (tertiary/aromatic N) is 1. The van der Waals surface area contributed by atoms with Crippen LogP contribution in [0.3, 0.4) is 0 Å². The van der Waals surface area contributed by atoms with E-state index in [4.69, 9.17) is 5.11 Å². The minimum absolute atomic E-state index is 0.0347. The summed E-state index contributed by atoms with van der Waals surface area (Å²) < 4.78 is 0. The normalized spacial score (nSPS) is 10.2. The molecule has 9 nitrogen and oxygen atoms in total. The Bertz CT molecular complexity index is 612. The second-order valence-corrected chi connectivity index (χ2v) is 11.5. The summed E-state index contributed by atoms with van der Waals surface area (Å²) in [6.45, 7) is 16.7. The zero-order valence-corrected chi connectivity index (χ0v) is 28.0. The topological polar surface area (TPSA) is 147 Å². The van der Waals surface area contributed by atoms with Crippen molar-refractivity contribution in [2.45, 2.75) is 62.3 Å². The van der Waals surface area contributed by atoms with Crippen molar-refractivity contribution in [2.75, 3.05) is 37.1 Å². The fourth-order valence-electron chi connectivity index (χ4n) is 1.28. The van der Waals surface area contributed by atoms with Crippen LogP contribution in [-0.2, 0) is 24.0 Å². The maximum absolute atomic E-state index is 11.4. The number of hydrogen-bond acceptors (Lipinski definition) is 6. The lowest BCUT2D eigenvalue weighted by atomic mass is 9.92. The number of carbonyl (C=O) groups excluding carboxylic acids is 4. The van der Waals surface area contributed by atoms with E-state index in [0.717, 1.165) is 4.90 Å². The van der Waals surface area contributed by atoms with Crippen molar-refractivity contribution in [2.24, 2.45) is 22.0 Å². The van der Waals surface area contributed by atoms with Crippen LogP contribution in [0.4, 0.5) is 0 Å². The van der Waals surface area contributed by atoms with Crippen LogP contribution in [0.15, 0.2) is 0 Å². The smallest absolute Gasteiger partial charge is 0.314 e. The predicted molar refractivity (Wildman–Crippen MR) is 154 cm³/mol. The van der Waals surface area contributed by atoms with Crippen molar-refractivity contribution in [3.63, 3.8) is 0 Å². The van der Waals surface area contributed by atoms with E-state index in [1.54, 1.807) is 27.8 Å². The van der Waals surface area contributed by atoms with E-state index < -0.39 is 11.4 Å². The number of carboxylic acids is 1. The Morgan fingerprint density at radius 2 is 1.09 bits per heavy atom. The molecule has 0 aliphatic rings. The summed E-state index contributed by atoms with van der Waals surface area (Å²) in [5.41, 5.74) is 3.59. The second kappa shape index (κ2) is 22.4. The third-order valence-electron chi connectivity index (χ3n) is 3.42. The quantitative estimate of drug-likeness (QED) is 0.374. The molecule has 12 heteroatoms. The number of nitrogens with one attached hydrogen (secondary N) is 1. The van der Waals surface area contributed by atoms with Gasteiger partial charge in [-0.15, -0.1) is 0 Å². The van der Waals surface area contributed by atoms with Gasteiger partial charge < -0.3 is 16.2 Å². The molecule has 0 radical (unpaired) electrons. The van der Waals surface area contributed by atoms with Gasteiger partial charge in [0.15, 0.2) is 0 Å². The highest BCUT2D eigenvalue weighted by atomic mass is 79.9. The maximum atomic E-state index is 11.4. The zero-order chi connectivity index (χ0) is 29.8. The highest BCUT2D eigenvalue weighted by Crippen LogP contribution is 2.16. The molecule has 3 amide bonds. The number of alkyl halides is 3. The van der Waals surface area contributed by atoms with Crippen molar-refractivity contribution in [3.05, 3.63) is 0 Å². The van der Waals surface area contributed by atoms with Gasteiger partial charge in [0.05, 0.1) is 10.7 Å². The number of carboxylic acid groups (broad SMARTS) is 1. The molecular formula is C23H46Br3N3O6. The number of rotatable bonds is 3. The van der Waals surface area contributed by atoms with Crippen molar-refractivity contribution in [1.29, 1.82) is 0 Å². The van der Waals surface area contributed by atoms with Gasteiger partial charge >= 0.3 is 5.97 Å². The van der Waals surface area contributed by atoms with Gasteiger partial charge in [-0.1, -0.05) is 110 Å². The van der Waals surface area contributed by atoms with E-state index in [1.165, 1.54) is 14.1 Å². The molecule has 35 heavy (non-hydrogen) atoms. The number of hydrogen-bond donors (Lipinski definition) is 3.